The first-order valence-electron chi connectivity index (χ1n) is 8.44. The number of carbonyl (C=O) groups excluding carboxylic acids is 2. The summed E-state index contributed by atoms with van der Waals surface area (Å²) in [5.41, 5.74) is 2.15. The highest BCUT2D eigenvalue weighted by molar-refractivity contribution is 5.94. The Hall–Kier alpha value is -2.73. The number of carbonyl (C=O) groups is 2. The number of nitrogens with one attached hydrogen (secondary N) is 2. The van der Waals surface area contributed by atoms with Crippen molar-refractivity contribution in [2.45, 2.75) is 33.0 Å². The van der Waals surface area contributed by atoms with Gasteiger partial charge in [0.25, 0.3) is 0 Å². The van der Waals surface area contributed by atoms with Crippen LogP contribution in [-0.4, -0.2) is 24.5 Å². The van der Waals surface area contributed by atoms with Crippen LogP contribution < -0.4 is 10.6 Å². The molecule has 0 heterocycles. The molecule has 2 rings (SSSR count). The standard InChI is InChI=1S/C20H23FN2O3/c1-14(2)26-13-16-6-4-8-18(10-16)23-20(25)12-22-19(24)11-15-5-3-7-17(21)9-15/h3-10,14H,11-13H2,1-2H3,(H,22,24)(H,23,25). The molecule has 0 radical (unpaired) electrons. The minimum Gasteiger partial charge on any atom is -0.374 e. The Bertz CT molecular complexity index is 762. The van der Waals surface area contributed by atoms with Crippen LogP contribution in [0.1, 0.15) is 25.0 Å². The van der Waals surface area contributed by atoms with Gasteiger partial charge in [0, 0.05) is 5.69 Å². The molecule has 2 aromatic rings. The average Bonchev–Trinajstić information content (AvgIpc) is 2.58. The molecular weight excluding hydrogens is 335 g/mol. The molecule has 0 fully saturated rings. The number of hydrogen-bond acceptors (Lipinski definition) is 3. The van der Waals surface area contributed by atoms with Crippen molar-refractivity contribution in [3.8, 4) is 0 Å². The number of anilines is 1. The van der Waals surface area contributed by atoms with E-state index in [9.17, 15) is 14.0 Å². The summed E-state index contributed by atoms with van der Waals surface area (Å²) in [4.78, 5) is 23.8. The Labute approximate surface area is 152 Å². The van der Waals surface area contributed by atoms with E-state index in [-0.39, 0.29) is 30.9 Å². The molecule has 0 aliphatic rings. The molecule has 2 aromatic carbocycles. The Morgan fingerprint density at radius 1 is 1.04 bits per heavy atom. The van der Waals surface area contributed by atoms with Crippen LogP contribution in [-0.2, 0) is 27.4 Å². The van der Waals surface area contributed by atoms with Crippen LogP contribution in [0.25, 0.3) is 0 Å². The second-order valence-corrected chi connectivity index (χ2v) is 6.19. The van der Waals surface area contributed by atoms with Gasteiger partial charge in [-0.15, -0.1) is 0 Å². The van der Waals surface area contributed by atoms with Gasteiger partial charge in [-0.25, -0.2) is 4.39 Å². The van der Waals surface area contributed by atoms with E-state index in [1.165, 1.54) is 12.1 Å². The van der Waals surface area contributed by atoms with E-state index in [1.807, 2.05) is 32.0 Å². The van der Waals surface area contributed by atoms with Gasteiger partial charge >= 0.3 is 0 Å². The average molecular weight is 358 g/mol. The molecule has 0 spiro atoms. The van der Waals surface area contributed by atoms with Crippen molar-refractivity contribution < 1.29 is 18.7 Å². The van der Waals surface area contributed by atoms with E-state index >= 15 is 0 Å². The molecule has 2 N–H and O–H groups in total. The van der Waals surface area contributed by atoms with Crippen molar-refractivity contribution in [3.05, 3.63) is 65.5 Å². The second-order valence-electron chi connectivity index (χ2n) is 6.19. The summed E-state index contributed by atoms with van der Waals surface area (Å²) >= 11 is 0. The van der Waals surface area contributed by atoms with Crippen molar-refractivity contribution in [1.82, 2.24) is 5.32 Å². The van der Waals surface area contributed by atoms with Crippen molar-refractivity contribution in [3.63, 3.8) is 0 Å². The van der Waals surface area contributed by atoms with E-state index in [0.717, 1.165) is 5.56 Å². The number of rotatable bonds is 8. The van der Waals surface area contributed by atoms with Crippen molar-refractivity contribution in [1.29, 1.82) is 0 Å². The molecule has 5 nitrogen and oxygen atoms in total. The van der Waals surface area contributed by atoms with Gasteiger partial charge in [0.05, 0.1) is 25.7 Å². The molecule has 0 atom stereocenters. The first kappa shape index (κ1) is 19.6. The lowest BCUT2D eigenvalue weighted by molar-refractivity contribution is -0.123. The topological polar surface area (TPSA) is 67.4 Å². The fourth-order valence-electron chi connectivity index (χ4n) is 2.28. The minimum absolute atomic E-state index is 0.0209. The molecule has 0 aliphatic heterocycles. The van der Waals surface area contributed by atoms with E-state index in [1.54, 1.807) is 18.2 Å². The molecule has 0 bridgehead atoms. The molecular formula is C20H23FN2O3. The van der Waals surface area contributed by atoms with E-state index in [4.69, 9.17) is 4.74 Å². The predicted molar refractivity (Wildman–Crippen MR) is 98.1 cm³/mol. The summed E-state index contributed by atoms with van der Waals surface area (Å²) in [5.74, 6) is -1.07. The number of halogens is 1. The van der Waals surface area contributed by atoms with Crippen LogP contribution in [0.15, 0.2) is 48.5 Å². The maximum absolute atomic E-state index is 13.1. The SMILES string of the molecule is CC(C)OCc1cccc(NC(=O)CNC(=O)Cc2cccc(F)c2)c1. The Morgan fingerprint density at radius 2 is 1.77 bits per heavy atom. The van der Waals surface area contributed by atoms with Crippen molar-refractivity contribution >= 4 is 17.5 Å². The second kappa shape index (κ2) is 9.68. The van der Waals surface area contributed by atoms with Gasteiger partial charge in [-0.2, -0.15) is 0 Å². The maximum atomic E-state index is 13.1. The zero-order chi connectivity index (χ0) is 18.9. The number of benzene rings is 2. The highest BCUT2D eigenvalue weighted by Crippen LogP contribution is 2.12. The predicted octanol–water partition coefficient (Wildman–Crippen LogP) is 3.05. The molecule has 6 heteroatoms. The lowest BCUT2D eigenvalue weighted by atomic mass is 10.1. The summed E-state index contributed by atoms with van der Waals surface area (Å²) in [6, 6.07) is 13.2. The van der Waals surface area contributed by atoms with E-state index < -0.39 is 5.82 Å². The summed E-state index contributed by atoms with van der Waals surface area (Å²) in [6.07, 6.45) is 0.147. The fourth-order valence-corrected chi connectivity index (χ4v) is 2.28. The zero-order valence-electron chi connectivity index (χ0n) is 14.9. The number of amides is 2. The van der Waals surface area contributed by atoms with Crippen LogP contribution in [0.2, 0.25) is 0 Å². The Morgan fingerprint density at radius 3 is 2.50 bits per heavy atom. The lowest BCUT2D eigenvalue weighted by Gasteiger charge is -2.10. The van der Waals surface area contributed by atoms with Gasteiger partial charge < -0.3 is 15.4 Å². The number of ether oxygens (including phenoxy) is 1. The molecule has 0 saturated heterocycles. The van der Waals surface area contributed by atoms with Gasteiger partial charge in [0.1, 0.15) is 5.82 Å². The van der Waals surface area contributed by atoms with Gasteiger partial charge in [-0.05, 0) is 49.2 Å². The third kappa shape index (κ3) is 7.03. The number of hydrogen-bond donors (Lipinski definition) is 2. The minimum atomic E-state index is -0.394. The Balaban J connectivity index is 1.79. The molecule has 0 aliphatic carbocycles. The normalized spacial score (nSPS) is 10.6. The van der Waals surface area contributed by atoms with Crippen LogP contribution in [0.4, 0.5) is 10.1 Å². The molecule has 0 aromatic heterocycles. The third-order valence-corrected chi connectivity index (χ3v) is 3.49. The molecule has 26 heavy (non-hydrogen) atoms. The van der Waals surface area contributed by atoms with Gasteiger partial charge in [0.15, 0.2) is 0 Å². The largest absolute Gasteiger partial charge is 0.374 e. The quantitative estimate of drug-likeness (QED) is 0.762. The van der Waals surface area contributed by atoms with Crippen LogP contribution in [0, 0.1) is 5.82 Å². The van der Waals surface area contributed by atoms with Crippen molar-refractivity contribution in [2.24, 2.45) is 0 Å². The first-order valence-corrected chi connectivity index (χ1v) is 8.44. The van der Waals surface area contributed by atoms with Crippen LogP contribution in [0.5, 0.6) is 0 Å². The van der Waals surface area contributed by atoms with Gasteiger partial charge in [0.2, 0.25) is 11.8 Å². The summed E-state index contributed by atoms with van der Waals surface area (Å²) < 4.78 is 18.6. The van der Waals surface area contributed by atoms with Crippen LogP contribution >= 0.6 is 0 Å². The summed E-state index contributed by atoms with van der Waals surface area (Å²) in [6.45, 7) is 4.23. The summed E-state index contributed by atoms with van der Waals surface area (Å²) in [7, 11) is 0. The maximum Gasteiger partial charge on any atom is 0.243 e. The molecule has 0 unspecified atom stereocenters. The zero-order valence-corrected chi connectivity index (χ0v) is 14.9. The fraction of sp³-hybridized carbons (Fsp3) is 0.300. The Kier molecular flexibility index (Phi) is 7.29. The van der Waals surface area contributed by atoms with Crippen LogP contribution in [0.3, 0.4) is 0 Å². The first-order chi connectivity index (χ1) is 12.4. The summed E-state index contributed by atoms with van der Waals surface area (Å²) in [5, 5.41) is 5.26. The van der Waals surface area contributed by atoms with Crippen molar-refractivity contribution in [2.75, 3.05) is 11.9 Å². The van der Waals surface area contributed by atoms with E-state index in [0.29, 0.717) is 17.9 Å². The highest BCUT2D eigenvalue weighted by Gasteiger charge is 2.08. The van der Waals surface area contributed by atoms with Gasteiger partial charge in [-0.1, -0.05) is 24.3 Å². The molecule has 138 valence electrons. The molecule has 0 saturated carbocycles. The van der Waals surface area contributed by atoms with E-state index in [2.05, 4.69) is 10.6 Å². The lowest BCUT2D eigenvalue weighted by Crippen LogP contribution is -2.33. The molecule has 2 amide bonds. The highest BCUT2D eigenvalue weighted by atomic mass is 19.1. The van der Waals surface area contributed by atoms with Gasteiger partial charge in [-0.3, -0.25) is 9.59 Å². The monoisotopic (exact) mass is 358 g/mol. The smallest absolute Gasteiger partial charge is 0.243 e. The third-order valence-electron chi connectivity index (χ3n) is 3.49.